The van der Waals surface area contributed by atoms with E-state index in [9.17, 15) is 0 Å². The van der Waals surface area contributed by atoms with E-state index in [1.807, 2.05) is 24.7 Å². The van der Waals surface area contributed by atoms with E-state index in [1.165, 1.54) is 63.0 Å². The number of nitrogens with zero attached hydrogens (tertiary/aromatic N) is 2. The quantitative estimate of drug-likeness (QED) is 0.385. The van der Waals surface area contributed by atoms with Gasteiger partial charge in [0.2, 0.25) is 0 Å². The molecule has 0 fully saturated rings. The van der Waals surface area contributed by atoms with Gasteiger partial charge in [0.25, 0.3) is 0 Å². The number of aromatic nitrogens is 2. The summed E-state index contributed by atoms with van der Waals surface area (Å²) in [5.41, 5.74) is 2.44. The van der Waals surface area contributed by atoms with Crippen molar-refractivity contribution < 1.29 is 0 Å². The minimum atomic E-state index is -2.39. The zero-order valence-electron chi connectivity index (χ0n) is 16.3. The third kappa shape index (κ3) is 5.80. The average molecular weight is 445 g/mol. The SMILES string of the molecule is CCC[CH2][Sn]([CH2]CCC)([CH2]CCC)[c]1cncc(-c2cccnc2)c1. The van der Waals surface area contributed by atoms with Crippen molar-refractivity contribution >= 4 is 22.0 Å². The minimum absolute atomic E-state index is 1.19. The fourth-order valence-electron chi connectivity index (χ4n) is 3.77. The fourth-order valence-corrected chi connectivity index (χ4v) is 19.5. The van der Waals surface area contributed by atoms with Crippen molar-refractivity contribution in [3.63, 3.8) is 0 Å². The molecule has 0 saturated heterocycles. The van der Waals surface area contributed by atoms with Crippen LogP contribution in [0.1, 0.15) is 59.3 Å². The number of rotatable bonds is 11. The predicted molar refractivity (Wildman–Crippen MR) is 112 cm³/mol. The van der Waals surface area contributed by atoms with Crippen LogP contribution in [0.5, 0.6) is 0 Å². The Balaban J connectivity index is 2.40. The zero-order valence-corrected chi connectivity index (χ0v) is 19.2. The maximum atomic E-state index is 4.68. The molecule has 0 radical (unpaired) electrons. The second-order valence-electron chi connectivity index (χ2n) is 7.29. The molecule has 0 saturated carbocycles. The molecular formula is C22H34N2Sn. The summed E-state index contributed by atoms with van der Waals surface area (Å²) in [6.45, 7) is 7.00. The molecule has 136 valence electrons. The molecule has 0 bridgehead atoms. The summed E-state index contributed by atoms with van der Waals surface area (Å²) < 4.78 is 6.11. The van der Waals surface area contributed by atoms with E-state index in [0.717, 1.165) is 0 Å². The van der Waals surface area contributed by atoms with Crippen LogP contribution in [0.2, 0.25) is 13.3 Å². The van der Waals surface area contributed by atoms with Crippen molar-refractivity contribution in [2.24, 2.45) is 0 Å². The van der Waals surface area contributed by atoms with Crippen molar-refractivity contribution in [2.75, 3.05) is 0 Å². The van der Waals surface area contributed by atoms with Crippen molar-refractivity contribution in [2.45, 2.75) is 72.6 Å². The van der Waals surface area contributed by atoms with Crippen LogP contribution in [0.4, 0.5) is 0 Å². The molecule has 0 N–H and O–H groups in total. The molecule has 0 amide bonds. The van der Waals surface area contributed by atoms with Gasteiger partial charge in [-0.3, -0.25) is 0 Å². The van der Waals surface area contributed by atoms with Crippen LogP contribution in [-0.4, -0.2) is 28.3 Å². The second-order valence-corrected chi connectivity index (χ2v) is 20.5. The third-order valence-corrected chi connectivity index (χ3v) is 20.9. The van der Waals surface area contributed by atoms with Gasteiger partial charge in [-0.25, -0.2) is 0 Å². The van der Waals surface area contributed by atoms with E-state index in [1.54, 1.807) is 3.58 Å². The standard InChI is InChI=1S/C10H7N2.3C4H9.Sn/c1-3-9(7-11-5-1)10-4-2-6-12-8-10;3*1-3-4-2;/h1,3-8H;3*1,3-4H2,2H3;. The number of hydrogen-bond donors (Lipinski definition) is 0. The van der Waals surface area contributed by atoms with E-state index in [0.29, 0.717) is 0 Å². The molecule has 2 nitrogen and oxygen atoms in total. The van der Waals surface area contributed by atoms with Crippen LogP contribution >= 0.6 is 0 Å². The van der Waals surface area contributed by atoms with Crippen LogP contribution in [0.25, 0.3) is 11.1 Å². The van der Waals surface area contributed by atoms with E-state index < -0.39 is 18.4 Å². The van der Waals surface area contributed by atoms with Gasteiger partial charge in [0, 0.05) is 0 Å². The van der Waals surface area contributed by atoms with Gasteiger partial charge < -0.3 is 0 Å². The van der Waals surface area contributed by atoms with Gasteiger partial charge in [-0.05, 0) is 0 Å². The first-order valence-corrected chi connectivity index (χ1v) is 17.6. The van der Waals surface area contributed by atoms with Gasteiger partial charge in [-0.2, -0.15) is 0 Å². The summed E-state index contributed by atoms with van der Waals surface area (Å²) in [7, 11) is 0. The van der Waals surface area contributed by atoms with Gasteiger partial charge in [0.1, 0.15) is 0 Å². The van der Waals surface area contributed by atoms with Crippen molar-refractivity contribution in [1.82, 2.24) is 9.97 Å². The molecule has 0 aromatic carbocycles. The normalized spacial score (nSPS) is 11.6. The van der Waals surface area contributed by atoms with Crippen LogP contribution in [0, 0.1) is 0 Å². The van der Waals surface area contributed by atoms with Gasteiger partial charge >= 0.3 is 159 Å². The average Bonchev–Trinajstić information content (AvgIpc) is 2.68. The number of hydrogen-bond acceptors (Lipinski definition) is 2. The molecule has 2 rings (SSSR count). The van der Waals surface area contributed by atoms with Gasteiger partial charge in [0.15, 0.2) is 0 Å². The van der Waals surface area contributed by atoms with Crippen LogP contribution in [0.3, 0.4) is 0 Å². The summed E-state index contributed by atoms with van der Waals surface area (Å²) >= 11 is -2.39. The number of pyridine rings is 2. The predicted octanol–water partition coefficient (Wildman–Crippen LogP) is 6.20. The maximum absolute atomic E-state index is 4.68. The van der Waals surface area contributed by atoms with Crippen LogP contribution in [0.15, 0.2) is 43.0 Å². The molecule has 2 aromatic heterocycles. The van der Waals surface area contributed by atoms with Gasteiger partial charge in [-0.1, -0.05) is 0 Å². The summed E-state index contributed by atoms with van der Waals surface area (Å²) in [6, 6.07) is 6.64. The Morgan fingerprint density at radius 1 is 0.760 bits per heavy atom. The van der Waals surface area contributed by atoms with E-state index in [2.05, 4.69) is 49.1 Å². The Morgan fingerprint density at radius 2 is 1.36 bits per heavy atom. The van der Waals surface area contributed by atoms with Crippen LogP contribution < -0.4 is 3.58 Å². The Hall–Kier alpha value is -0.901. The monoisotopic (exact) mass is 446 g/mol. The Labute approximate surface area is 158 Å². The zero-order chi connectivity index (χ0) is 18.0. The molecule has 0 spiro atoms. The molecule has 3 heteroatoms. The topological polar surface area (TPSA) is 25.8 Å². The molecule has 0 atom stereocenters. The molecule has 0 unspecified atom stereocenters. The van der Waals surface area contributed by atoms with Crippen molar-refractivity contribution in [3.05, 3.63) is 43.0 Å². The second kappa shape index (κ2) is 10.9. The van der Waals surface area contributed by atoms with E-state index in [4.69, 9.17) is 0 Å². The Kier molecular flexibility index (Phi) is 8.94. The summed E-state index contributed by atoms with van der Waals surface area (Å²) in [5.74, 6) is 0. The molecule has 0 aliphatic carbocycles. The first-order valence-electron chi connectivity index (χ1n) is 10.1. The van der Waals surface area contributed by atoms with E-state index >= 15 is 0 Å². The third-order valence-electron chi connectivity index (χ3n) is 5.37. The Bertz CT molecular complexity index is 591. The van der Waals surface area contributed by atoms with Crippen molar-refractivity contribution in [1.29, 1.82) is 0 Å². The van der Waals surface area contributed by atoms with Crippen LogP contribution in [-0.2, 0) is 0 Å². The van der Waals surface area contributed by atoms with Gasteiger partial charge in [-0.15, -0.1) is 0 Å². The molecule has 0 aliphatic heterocycles. The first-order chi connectivity index (χ1) is 12.3. The summed E-state index contributed by atoms with van der Waals surface area (Å²) in [4.78, 5) is 8.97. The van der Waals surface area contributed by atoms with E-state index in [-0.39, 0.29) is 0 Å². The molecule has 25 heavy (non-hydrogen) atoms. The molecular weight excluding hydrogens is 411 g/mol. The molecule has 2 aromatic rings. The number of unbranched alkanes of at least 4 members (excludes halogenated alkanes) is 3. The van der Waals surface area contributed by atoms with Crippen molar-refractivity contribution in [3.8, 4) is 11.1 Å². The summed E-state index contributed by atoms with van der Waals surface area (Å²) in [6.07, 6.45) is 16.1. The first kappa shape index (κ1) is 20.4. The summed E-state index contributed by atoms with van der Waals surface area (Å²) in [5, 5.41) is 0. The molecule has 0 aliphatic rings. The Morgan fingerprint density at radius 3 is 1.88 bits per heavy atom. The molecule has 2 heterocycles. The fraction of sp³-hybridized carbons (Fsp3) is 0.545. The van der Waals surface area contributed by atoms with Gasteiger partial charge in [0.05, 0.1) is 0 Å².